The lowest BCUT2D eigenvalue weighted by atomic mass is 10.0. The number of amides is 4. The Bertz CT molecular complexity index is 1370. The van der Waals surface area contributed by atoms with Crippen LogP contribution in [0.2, 0.25) is 0 Å². The molecule has 0 fully saturated rings. The second-order valence-electron chi connectivity index (χ2n) is 9.71. The molecular weight excluding hydrogens is 576 g/mol. The lowest BCUT2D eigenvalue weighted by molar-refractivity contribution is -0.137. The molecule has 2 heterocycles. The maximum Gasteiger partial charge on any atom is 0.407 e. The molecule has 12 nitrogen and oxygen atoms in total. The monoisotopic (exact) mass is 610 g/mol. The topological polar surface area (TPSA) is 164 Å². The first-order chi connectivity index (χ1) is 20.9. The summed E-state index contributed by atoms with van der Waals surface area (Å²) in [7, 11) is 0. The first-order valence-electron chi connectivity index (χ1n) is 13.8. The predicted octanol–water partition coefficient (Wildman–Crippen LogP) is 4.07. The number of hydrogen-bond acceptors (Lipinski definition) is 8. The van der Waals surface area contributed by atoms with Crippen molar-refractivity contribution in [2.75, 3.05) is 13.3 Å². The summed E-state index contributed by atoms with van der Waals surface area (Å²) in [5.74, 6) is -0.498. The normalized spacial score (nSPS) is 12.9. The Labute approximate surface area is 252 Å². The number of carboxylic acids is 1. The summed E-state index contributed by atoms with van der Waals surface area (Å²) in [6.45, 7) is 0.856. The molecule has 2 atom stereocenters. The maximum atomic E-state index is 13.1. The number of fused-ring (bicyclic) bond motifs is 1. The molecule has 13 heteroatoms. The summed E-state index contributed by atoms with van der Waals surface area (Å²) in [5, 5.41) is 22.2. The number of nitrogens with one attached hydrogen (secondary N) is 4. The molecule has 4 amide bonds. The Morgan fingerprint density at radius 1 is 0.930 bits per heavy atom. The fourth-order valence-electron chi connectivity index (χ4n) is 4.33. The molecule has 228 valence electrons. The molecule has 0 bridgehead atoms. The molecule has 1 aliphatic heterocycles. The third-order valence-electron chi connectivity index (χ3n) is 6.52. The van der Waals surface area contributed by atoms with Crippen molar-refractivity contribution in [3.63, 3.8) is 0 Å². The standard InChI is InChI=1S/C30H34N4O8S/c35-27(36)16-24(21-11-12-25-26(15-21)42-19-41-25)34-29(38)33-23(28(37)32-17-22-9-6-14-43-22)10-4-5-13-31-30(39)40-18-20-7-2-1-3-8-20/h1-3,6-9,11-12,14-15,23-24H,4-5,10,13,16-19H2,(H,31,39)(H,32,37)(H,35,36)(H2,33,34,38)/t23-,24+/m0/s1. The molecule has 2 aromatic carbocycles. The summed E-state index contributed by atoms with van der Waals surface area (Å²) in [5.41, 5.74) is 1.40. The van der Waals surface area contributed by atoms with Gasteiger partial charge in [0.1, 0.15) is 12.6 Å². The SMILES string of the molecule is O=C(O)C[C@@H](NC(=O)N[C@@H](CCCCNC(=O)OCc1ccccc1)C(=O)NCc1cccs1)c1ccc2c(c1)OCO2. The van der Waals surface area contributed by atoms with Crippen LogP contribution in [-0.4, -0.2) is 48.5 Å². The molecule has 1 aliphatic rings. The van der Waals surface area contributed by atoms with E-state index in [0.29, 0.717) is 43.0 Å². The molecular formula is C30H34N4O8S. The van der Waals surface area contributed by atoms with E-state index in [1.54, 1.807) is 18.2 Å². The van der Waals surface area contributed by atoms with E-state index in [1.165, 1.54) is 11.3 Å². The maximum absolute atomic E-state index is 13.1. The Morgan fingerprint density at radius 3 is 2.51 bits per heavy atom. The van der Waals surface area contributed by atoms with Crippen LogP contribution >= 0.6 is 11.3 Å². The van der Waals surface area contributed by atoms with Crippen LogP contribution in [0.3, 0.4) is 0 Å². The number of ether oxygens (including phenoxy) is 3. The Kier molecular flexibility index (Phi) is 11.6. The lowest BCUT2D eigenvalue weighted by Crippen LogP contribution is -2.50. The van der Waals surface area contributed by atoms with Crippen molar-refractivity contribution in [2.45, 2.75) is 50.9 Å². The zero-order chi connectivity index (χ0) is 30.4. The van der Waals surface area contributed by atoms with Crippen LogP contribution in [0.25, 0.3) is 0 Å². The van der Waals surface area contributed by atoms with E-state index in [4.69, 9.17) is 14.2 Å². The summed E-state index contributed by atoms with van der Waals surface area (Å²) in [4.78, 5) is 50.6. The van der Waals surface area contributed by atoms with Crippen LogP contribution in [-0.2, 0) is 27.5 Å². The van der Waals surface area contributed by atoms with Crippen molar-refractivity contribution < 1.29 is 38.5 Å². The third-order valence-corrected chi connectivity index (χ3v) is 7.40. The Morgan fingerprint density at radius 2 is 1.74 bits per heavy atom. The van der Waals surface area contributed by atoms with Crippen LogP contribution in [0.4, 0.5) is 9.59 Å². The van der Waals surface area contributed by atoms with Gasteiger partial charge in [0.05, 0.1) is 19.0 Å². The second-order valence-corrected chi connectivity index (χ2v) is 10.7. The van der Waals surface area contributed by atoms with Crippen molar-refractivity contribution in [2.24, 2.45) is 0 Å². The minimum atomic E-state index is -1.11. The Balaban J connectivity index is 1.29. The van der Waals surface area contributed by atoms with E-state index in [-0.39, 0.29) is 32.1 Å². The van der Waals surface area contributed by atoms with E-state index in [2.05, 4.69) is 21.3 Å². The van der Waals surface area contributed by atoms with Gasteiger partial charge in [-0.2, -0.15) is 0 Å². The van der Waals surface area contributed by atoms with E-state index < -0.39 is 30.2 Å². The first kappa shape index (κ1) is 31.2. The van der Waals surface area contributed by atoms with E-state index >= 15 is 0 Å². The molecule has 0 aliphatic carbocycles. The van der Waals surface area contributed by atoms with Gasteiger partial charge in [-0.15, -0.1) is 11.3 Å². The zero-order valence-electron chi connectivity index (χ0n) is 23.4. The minimum Gasteiger partial charge on any atom is -0.481 e. The average molecular weight is 611 g/mol. The highest BCUT2D eigenvalue weighted by atomic mass is 32.1. The largest absolute Gasteiger partial charge is 0.481 e. The van der Waals surface area contributed by atoms with Gasteiger partial charge in [-0.25, -0.2) is 9.59 Å². The van der Waals surface area contributed by atoms with Crippen LogP contribution < -0.4 is 30.7 Å². The fourth-order valence-corrected chi connectivity index (χ4v) is 4.98. The number of alkyl carbamates (subject to hydrolysis) is 1. The number of benzene rings is 2. The minimum absolute atomic E-state index is 0.0585. The highest BCUT2D eigenvalue weighted by Crippen LogP contribution is 2.34. The van der Waals surface area contributed by atoms with Crippen LogP contribution in [0.15, 0.2) is 66.0 Å². The first-order valence-corrected chi connectivity index (χ1v) is 14.7. The molecule has 4 rings (SSSR count). The number of carbonyl (C=O) groups excluding carboxylic acids is 3. The summed E-state index contributed by atoms with van der Waals surface area (Å²) < 4.78 is 15.9. The quantitative estimate of drug-likeness (QED) is 0.161. The van der Waals surface area contributed by atoms with Crippen molar-refractivity contribution in [1.29, 1.82) is 0 Å². The van der Waals surface area contributed by atoms with Crippen molar-refractivity contribution in [3.05, 3.63) is 82.0 Å². The summed E-state index contributed by atoms with van der Waals surface area (Å²) in [6, 6.07) is 15.6. The number of unbranched alkanes of at least 4 members (excludes halogenated alkanes) is 1. The van der Waals surface area contributed by atoms with Crippen LogP contribution in [0.1, 0.15) is 47.7 Å². The predicted molar refractivity (Wildman–Crippen MR) is 158 cm³/mol. The smallest absolute Gasteiger partial charge is 0.407 e. The zero-order valence-corrected chi connectivity index (χ0v) is 24.2. The van der Waals surface area contributed by atoms with E-state index in [9.17, 15) is 24.3 Å². The second kappa shape index (κ2) is 16.0. The van der Waals surface area contributed by atoms with Gasteiger partial charge in [0.15, 0.2) is 11.5 Å². The van der Waals surface area contributed by atoms with Gasteiger partial charge in [0.2, 0.25) is 12.7 Å². The van der Waals surface area contributed by atoms with Crippen molar-refractivity contribution in [1.82, 2.24) is 21.3 Å². The van der Waals surface area contributed by atoms with E-state index in [1.807, 2.05) is 47.8 Å². The van der Waals surface area contributed by atoms with E-state index in [0.717, 1.165) is 10.4 Å². The third kappa shape index (κ3) is 10.2. The van der Waals surface area contributed by atoms with Gasteiger partial charge in [-0.05, 0) is 54.0 Å². The molecule has 0 saturated heterocycles. The summed E-state index contributed by atoms with van der Waals surface area (Å²) >= 11 is 1.50. The number of rotatable bonds is 15. The van der Waals surface area contributed by atoms with Gasteiger partial charge >= 0.3 is 18.1 Å². The van der Waals surface area contributed by atoms with Gasteiger partial charge in [0, 0.05) is 11.4 Å². The number of carbonyl (C=O) groups is 4. The number of aliphatic carboxylic acids is 1. The number of thiophene rings is 1. The molecule has 0 radical (unpaired) electrons. The summed E-state index contributed by atoms with van der Waals surface area (Å²) in [6.07, 6.45) is 0.417. The van der Waals surface area contributed by atoms with Gasteiger partial charge in [-0.1, -0.05) is 42.5 Å². The molecule has 0 unspecified atom stereocenters. The van der Waals surface area contributed by atoms with Crippen molar-refractivity contribution in [3.8, 4) is 11.5 Å². The number of carboxylic acid groups (broad SMARTS) is 1. The van der Waals surface area contributed by atoms with Crippen LogP contribution in [0, 0.1) is 0 Å². The van der Waals surface area contributed by atoms with Gasteiger partial charge < -0.3 is 40.6 Å². The number of urea groups is 1. The Hall–Kier alpha value is -4.78. The molecule has 3 aromatic rings. The van der Waals surface area contributed by atoms with Gasteiger partial charge in [-0.3, -0.25) is 9.59 Å². The molecule has 0 saturated carbocycles. The fraction of sp³-hybridized carbons (Fsp3) is 0.333. The van der Waals surface area contributed by atoms with Crippen LogP contribution in [0.5, 0.6) is 11.5 Å². The molecule has 5 N–H and O–H groups in total. The molecule has 0 spiro atoms. The van der Waals surface area contributed by atoms with Crippen molar-refractivity contribution >= 4 is 35.3 Å². The average Bonchev–Trinajstić information content (AvgIpc) is 3.70. The highest BCUT2D eigenvalue weighted by Gasteiger charge is 2.25. The molecule has 43 heavy (non-hydrogen) atoms. The van der Waals surface area contributed by atoms with Gasteiger partial charge in [0.25, 0.3) is 0 Å². The highest BCUT2D eigenvalue weighted by molar-refractivity contribution is 7.09. The molecule has 1 aromatic heterocycles. The lowest BCUT2D eigenvalue weighted by Gasteiger charge is -2.22. The number of hydrogen-bond donors (Lipinski definition) is 5.